The number of hydrogen-bond donors (Lipinski definition) is 3. The van der Waals surface area contributed by atoms with E-state index in [0.29, 0.717) is 5.56 Å². The van der Waals surface area contributed by atoms with Gasteiger partial charge in [0.25, 0.3) is 5.91 Å². The van der Waals surface area contributed by atoms with Crippen LogP contribution in [0.4, 0.5) is 0 Å². The number of nitrogens with two attached hydrogens (primary N) is 1. The van der Waals surface area contributed by atoms with Crippen LogP contribution in [0.3, 0.4) is 0 Å². The maximum Gasteiger partial charge on any atom is 0.255 e. The van der Waals surface area contributed by atoms with E-state index in [1.165, 1.54) is 0 Å². The largest absolute Gasteiger partial charge is 0.348 e. The summed E-state index contributed by atoms with van der Waals surface area (Å²) in [6, 6.07) is 0.216. The van der Waals surface area contributed by atoms with Crippen LogP contribution in [0.25, 0.3) is 0 Å². The zero-order valence-corrected chi connectivity index (χ0v) is 8.79. The predicted octanol–water partition coefficient (Wildman–Crippen LogP) is 0.328. The summed E-state index contributed by atoms with van der Waals surface area (Å²) in [4.78, 5) is 11.8. The van der Waals surface area contributed by atoms with E-state index < -0.39 is 0 Å². The maximum atomic E-state index is 11.8. The average molecular weight is 208 g/mol. The van der Waals surface area contributed by atoms with Crippen LogP contribution in [-0.4, -0.2) is 28.2 Å². The van der Waals surface area contributed by atoms with Gasteiger partial charge in [-0.1, -0.05) is 0 Å². The van der Waals surface area contributed by atoms with Crippen LogP contribution in [-0.2, 0) is 0 Å². The maximum absolute atomic E-state index is 11.8. The van der Waals surface area contributed by atoms with Crippen LogP contribution in [0, 0.1) is 6.92 Å². The number of nitrogens with one attached hydrogen (secondary N) is 2. The van der Waals surface area contributed by atoms with Crippen LogP contribution in [0.1, 0.15) is 35.3 Å². The molecule has 15 heavy (non-hydrogen) atoms. The normalized spacial score (nSPS) is 25.5. The van der Waals surface area contributed by atoms with Crippen molar-refractivity contribution in [3.8, 4) is 0 Å². The van der Waals surface area contributed by atoms with Crippen molar-refractivity contribution >= 4 is 5.91 Å². The number of hydrogen-bond acceptors (Lipinski definition) is 3. The summed E-state index contributed by atoms with van der Waals surface area (Å²) in [6.07, 6.45) is 4.61. The Morgan fingerprint density at radius 1 is 1.67 bits per heavy atom. The van der Waals surface area contributed by atoms with Gasteiger partial charge in [0.1, 0.15) is 0 Å². The molecule has 1 amide bonds. The van der Waals surface area contributed by atoms with Crippen molar-refractivity contribution in [3.05, 3.63) is 17.5 Å². The van der Waals surface area contributed by atoms with Crippen molar-refractivity contribution in [2.45, 2.75) is 38.3 Å². The molecule has 0 radical (unpaired) electrons. The van der Waals surface area contributed by atoms with Crippen LogP contribution in [0.15, 0.2) is 6.20 Å². The van der Waals surface area contributed by atoms with Gasteiger partial charge in [-0.05, 0) is 26.2 Å². The Morgan fingerprint density at radius 2 is 2.47 bits per heavy atom. The Morgan fingerprint density at radius 3 is 3.00 bits per heavy atom. The average Bonchev–Trinajstić information content (AvgIpc) is 2.76. The first-order chi connectivity index (χ1) is 7.18. The lowest BCUT2D eigenvalue weighted by atomic mass is 10.1. The fourth-order valence-electron chi connectivity index (χ4n) is 1.99. The predicted molar refractivity (Wildman–Crippen MR) is 56.4 cm³/mol. The van der Waals surface area contributed by atoms with Gasteiger partial charge in [-0.3, -0.25) is 9.89 Å². The molecule has 5 nitrogen and oxygen atoms in total. The summed E-state index contributed by atoms with van der Waals surface area (Å²) < 4.78 is 0. The first kappa shape index (κ1) is 10.2. The number of nitrogens with zero attached hydrogens (tertiary/aromatic N) is 1. The summed E-state index contributed by atoms with van der Waals surface area (Å²) in [5.41, 5.74) is 7.28. The summed E-state index contributed by atoms with van der Waals surface area (Å²) in [5, 5.41) is 9.51. The Bertz CT molecular complexity index is 360. The van der Waals surface area contributed by atoms with Gasteiger partial charge in [0.15, 0.2) is 0 Å². The van der Waals surface area contributed by atoms with Crippen molar-refractivity contribution in [1.82, 2.24) is 15.5 Å². The molecule has 0 aromatic carbocycles. The SMILES string of the molecule is Cc1[nH]ncc1C(=O)NC1CCCC1N. The molecule has 2 atom stereocenters. The fourth-order valence-corrected chi connectivity index (χ4v) is 1.99. The Balaban J connectivity index is 2.01. The minimum atomic E-state index is -0.0800. The molecule has 1 aliphatic carbocycles. The number of carbonyl (C=O) groups excluding carboxylic acids is 1. The molecule has 0 aliphatic heterocycles. The molecule has 2 unspecified atom stereocenters. The van der Waals surface area contributed by atoms with E-state index in [9.17, 15) is 4.79 Å². The van der Waals surface area contributed by atoms with Crippen molar-refractivity contribution in [1.29, 1.82) is 0 Å². The molecule has 2 rings (SSSR count). The molecular formula is C10H16N4O. The molecule has 4 N–H and O–H groups in total. The summed E-state index contributed by atoms with van der Waals surface area (Å²) in [6.45, 7) is 1.83. The number of rotatable bonds is 2. The van der Waals surface area contributed by atoms with E-state index in [-0.39, 0.29) is 18.0 Å². The van der Waals surface area contributed by atoms with Gasteiger partial charge in [-0.25, -0.2) is 0 Å². The van der Waals surface area contributed by atoms with Crippen molar-refractivity contribution < 1.29 is 4.79 Å². The highest BCUT2D eigenvalue weighted by Gasteiger charge is 2.26. The number of H-pyrrole nitrogens is 1. The first-order valence-corrected chi connectivity index (χ1v) is 5.25. The smallest absolute Gasteiger partial charge is 0.255 e. The lowest BCUT2D eigenvalue weighted by Crippen LogP contribution is -2.44. The molecule has 1 aromatic rings. The lowest BCUT2D eigenvalue weighted by molar-refractivity contribution is 0.0934. The molecular weight excluding hydrogens is 192 g/mol. The molecule has 0 saturated heterocycles. The van der Waals surface area contributed by atoms with E-state index >= 15 is 0 Å². The van der Waals surface area contributed by atoms with Gasteiger partial charge < -0.3 is 11.1 Å². The lowest BCUT2D eigenvalue weighted by Gasteiger charge is -2.16. The highest BCUT2D eigenvalue weighted by molar-refractivity contribution is 5.95. The summed E-state index contributed by atoms with van der Waals surface area (Å²) in [7, 11) is 0. The van der Waals surface area contributed by atoms with E-state index in [2.05, 4.69) is 15.5 Å². The van der Waals surface area contributed by atoms with Gasteiger partial charge in [0.2, 0.25) is 0 Å². The second-order valence-electron chi connectivity index (χ2n) is 4.08. The van der Waals surface area contributed by atoms with Gasteiger partial charge in [0.05, 0.1) is 11.8 Å². The molecule has 1 aromatic heterocycles. The van der Waals surface area contributed by atoms with Crippen molar-refractivity contribution in [3.63, 3.8) is 0 Å². The molecule has 1 saturated carbocycles. The van der Waals surface area contributed by atoms with Gasteiger partial charge in [0, 0.05) is 17.8 Å². The number of carbonyl (C=O) groups is 1. The van der Waals surface area contributed by atoms with E-state index in [1.807, 2.05) is 6.92 Å². The minimum absolute atomic E-state index is 0.0800. The van der Waals surface area contributed by atoms with Crippen molar-refractivity contribution in [2.75, 3.05) is 0 Å². The fraction of sp³-hybridized carbons (Fsp3) is 0.600. The van der Waals surface area contributed by atoms with Crippen LogP contribution in [0.2, 0.25) is 0 Å². The second-order valence-corrected chi connectivity index (χ2v) is 4.08. The first-order valence-electron chi connectivity index (χ1n) is 5.25. The molecule has 0 spiro atoms. The van der Waals surface area contributed by atoms with Gasteiger partial charge in [-0.2, -0.15) is 5.10 Å². The molecule has 0 bridgehead atoms. The van der Waals surface area contributed by atoms with E-state index in [0.717, 1.165) is 25.0 Å². The highest BCUT2D eigenvalue weighted by Crippen LogP contribution is 2.17. The highest BCUT2D eigenvalue weighted by atomic mass is 16.1. The van der Waals surface area contributed by atoms with Crippen molar-refractivity contribution in [2.24, 2.45) is 5.73 Å². The van der Waals surface area contributed by atoms with Crippen LogP contribution in [0.5, 0.6) is 0 Å². The Labute approximate surface area is 88.4 Å². The Kier molecular flexibility index (Phi) is 2.73. The second kappa shape index (κ2) is 4.02. The topological polar surface area (TPSA) is 83.8 Å². The number of amides is 1. The third kappa shape index (κ3) is 2.02. The standard InChI is InChI=1S/C10H16N4O/c1-6-7(5-12-14-6)10(15)13-9-4-2-3-8(9)11/h5,8-9H,2-4,11H2,1H3,(H,12,14)(H,13,15). The van der Waals surface area contributed by atoms with Gasteiger partial charge >= 0.3 is 0 Å². The molecule has 1 aliphatic rings. The zero-order valence-electron chi connectivity index (χ0n) is 8.79. The van der Waals surface area contributed by atoms with E-state index in [1.54, 1.807) is 6.20 Å². The number of aromatic nitrogens is 2. The summed E-state index contributed by atoms with van der Waals surface area (Å²) in [5.74, 6) is -0.0800. The Hall–Kier alpha value is -1.36. The number of aryl methyl sites for hydroxylation is 1. The third-order valence-electron chi connectivity index (χ3n) is 2.96. The molecule has 82 valence electrons. The third-order valence-corrected chi connectivity index (χ3v) is 2.96. The minimum Gasteiger partial charge on any atom is -0.348 e. The number of aromatic amines is 1. The van der Waals surface area contributed by atoms with Crippen LogP contribution >= 0.6 is 0 Å². The quantitative estimate of drug-likeness (QED) is 0.654. The van der Waals surface area contributed by atoms with Crippen LogP contribution < -0.4 is 11.1 Å². The monoisotopic (exact) mass is 208 g/mol. The molecule has 1 heterocycles. The summed E-state index contributed by atoms with van der Waals surface area (Å²) >= 11 is 0. The molecule has 1 fully saturated rings. The van der Waals surface area contributed by atoms with Gasteiger partial charge in [-0.15, -0.1) is 0 Å². The zero-order chi connectivity index (χ0) is 10.8. The molecule has 5 heteroatoms. The van der Waals surface area contributed by atoms with E-state index in [4.69, 9.17) is 5.73 Å².